The van der Waals surface area contributed by atoms with E-state index in [1.54, 1.807) is 37.3 Å². The fourth-order valence-electron chi connectivity index (χ4n) is 2.38. The summed E-state index contributed by atoms with van der Waals surface area (Å²) in [6.07, 6.45) is -1.40. The Morgan fingerprint density at radius 2 is 1.61 bits per heavy atom. The van der Waals surface area contributed by atoms with E-state index in [1.807, 2.05) is 6.07 Å². The zero-order valence-corrected chi connectivity index (χ0v) is 12.3. The van der Waals surface area contributed by atoms with Crippen LogP contribution in [0.5, 0.6) is 11.5 Å². The van der Waals surface area contributed by atoms with Crippen molar-refractivity contribution >= 4 is 17.6 Å². The Bertz CT molecular complexity index is 758. The van der Waals surface area contributed by atoms with E-state index in [-0.39, 0.29) is 11.3 Å². The van der Waals surface area contributed by atoms with E-state index in [2.05, 4.69) is 5.32 Å². The molecule has 1 N–H and O–H groups in total. The van der Waals surface area contributed by atoms with Crippen LogP contribution in [0.2, 0.25) is 0 Å². The number of benzene rings is 2. The number of carbonyl (C=O) groups excluding carboxylic acids is 2. The van der Waals surface area contributed by atoms with Crippen LogP contribution >= 0.6 is 0 Å². The van der Waals surface area contributed by atoms with Gasteiger partial charge in [0.05, 0.1) is 5.97 Å². The molecule has 6 heteroatoms. The zero-order chi connectivity index (χ0) is 16.4. The number of carbonyl (C=O) groups is 2. The Labute approximate surface area is 132 Å². The molecule has 1 aliphatic rings. The average Bonchev–Trinajstić information content (AvgIpc) is 2.54. The molecule has 118 valence electrons. The second-order valence-corrected chi connectivity index (χ2v) is 5.13. The van der Waals surface area contributed by atoms with Crippen LogP contribution in [-0.2, 0) is 4.79 Å². The van der Waals surface area contributed by atoms with E-state index in [0.717, 1.165) is 0 Å². The second-order valence-electron chi connectivity index (χ2n) is 5.13. The minimum Gasteiger partial charge on any atom is -0.545 e. The van der Waals surface area contributed by atoms with Gasteiger partial charge in [0, 0.05) is 11.3 Å². The molecule has 0 saturated heterocycles. The Hall–Kier alpha value is -3.02. The van der Waals surface area contributed by atoms with Gasteiger partial charge in [0.1, 0.15) is 6.10 Å². The van der Waals surface area contributed by atoms with Crippen LogP contribution in [0.15, 0.2) is 48.5 Å². The molecule has 2 aromatic carbocycles. The normalized spacial score (nSPS) is 19.0. The Morgan fingerprint density at radius 1 is 1.00 bits per heavy atom. The number of carboxylic acid groups (broad SMARTS) is 1. The fourth-order valence-corrected chi connectivity index (χ4v) is 2.38. The first-order chi connectivity index (χ1) is 11.1. The molecule has 0 unspecified atom stereocenters. The molecule has 0 radical (unpaired) electrons. The third-order valence-corrected chi connectivity index (χ3v) is 3.51. The molecule has 2 atom stereocenters. The van der Waals surface area contributed by atoms with Crippen molar-refractivity contribution in [1.29, 1.82) is 0 Å². The highest BCUT2D eigenvalue weighted by Crippen LogP contribution is 2.33. The molecule has 6 nitrogen and oxygen atoms in total. The van der Waals surface area contributed by atoms with Gasteiger partial charge in [-0.3, -0.25) is 4.79 Å². The molecule has 0 spiro atoms. The van der Waals surface area contributed by atoms with Crippen molar-refractivity contribution < 1.29 is 24.2 Å². The number of carboxylic acids is 1. The second kappa shape index (κ2) is 6.00. The standard InChI is InChI=1S/C17H15NO5/c1-10-15(23-14-9-5-4-8-13(14)22-10)16(19)18-12-7-3-2-6-11(12)17(20)21/h2-10,15H,1H3,(H,18,19)(H,20,21)/p-1/t10-,15-/m0/s1. The van der Waals surface area contributed by atoms with Crippen LogP contribution in [0, 0.1) is 0 Å². The van der Waals surface area contributed by atoms with E-state index >= 15 is 0 Å². The van der Waals surface area contributed by atoms with Crippen molar-refractivity contribution in [2.75, 3.05) is 5.32 Å². The number of anilines is 1. The van der Waals surface area contributed by atoms with Crippen molar-refractivity contribution in [3.05, 3.63) is 54.1 Å². The van der Waals surface area contributed by atoms with Gasteiger partial charge >= 0.3 is 0 Å². The SMILES string of the molecule is C[C@@H]1Oc2ccccc2O[C@@H]1C(=O)Nc1ccccc1C(=O)[O-]. The minimum absolute atomic E-state index is 0.0920. The number of rotatable bonds is 3. The summed E-state index contributed by atoms with van der Waals surface area (Å²) in [5, 5.41) is 13.6. The lowest BCUT2D eigenvalue weighted by atomic mass is 10.1. The molecule has 3 rings (SSSR count). The molecule has 0 saturated carbocycles. The van der Waals surface area contributed by atoms with E-state index in [0.29, 0.717) is 11.5 Å². The molecule has 0 aliphatic carbocycles. The first-order valence-electron chi connectivity index (χ1n) is 7.10. The van der Waals surface area contributed by atoms with E-state index in [4.69, 9.17) is 9.47 Å². The zero-order valence-electron chi connectivity index (χ0n) is 12.3. The monoisotopic (exact) mass is 312 g/mol. The number of para-hydroxylation sites is 3. The van der Waals surface area contributed by atoms with Crippen molar-refractivity contribution in [1.82, 2.24) is 0 Å². The Balaban J connectivity index is 1.81. The van der Waals surface area contributed by atoms with E-state index in [9.17, 15) is 14.7 Å². The quantitative estimate of drug-likeness (QED) is 0.920. The maximum atomic E-state index is 12.4. The molecule has 0 fully saturated rings. The van der Waals surface area contributed by atoms with Gasteiger partial charge in [-0.05, 0) is 25.1 Å². The Morgan fingerprint density at radius 3 is 2.30 bits per heavy atom. The number of nitrogens with one attached hydrogen (secondary N) is 1. The summed E-state index contributed by atoms with van der Waals surface area (Å²) in [5.41, 5.74) is 0.0674. The van der Waals surface area contributed by atoms with Gasteiger partial charge in [0.2, 0.25) is 6.10 Å². The van der Waals surface area contributed by atoms with Gasteiger partial charge in [-0.2, -0.15) is 0 Å². The summed E-state index contributed by atoms with van der Waals surface area (Å²) in [6.45, 7) is 1.71. The molecule has 1 aliphatic heterocycles. The van der Waals surface area contributed by atoms with Crippen LogP contribution < -0.4 is 19.9 Å². The molecule has 0 aromatic heterocycles. The maximum absolute atomic E-state index is 12.4. The van der Waals surface area contributed by atoms with E-state index < -0.39 is 24.1 Å². The van der Waals surface area contributed by atoms with E-state index in [1.165, 1.54) is 12.1 Å². The van der Waals surface area contributed by atoms with Gasteiger partial charge in [-0.25, -0.2) is 0 Å². The molecule has 1 heterocycles. The highest BCUT2D eigenvalue weighted by Gasteiger charge is 2.34. The van der Waals surface area contributed by atoms with Gasteiger partial charge < -0.3 is 24.7 Å². The van der Waals surface area contributed by atoms with Crippen LogP contribution in [0.25, 0.3) is 0 Å². The number of hydrogen-bond acceptors (Lipinski definition) is 5. The number of hydrogen-bond donors (Lipinski definition) is 1. The summed E-state index contributed by atoms with van der Waals surface area (Å²) in [6, 6.07) is 13.1. The van der Waals surface area contributed by atoms with Crippen molar-refractivity contribution in [3.8, 4) is 11.5 Å². The van der Waals surface area contributed by atoms with Crippen LogP contribution in [0.4, 0.5) is 5.69 Å². The Kier molecular flexibility index (Phi) is 3.89. The molecule has 23 heavy (non-hydrogen) atoms. The van der Waals surface area contributed by atoms with Gasteiger partial charge in [-0.1, -0.05) is 30.3 Å². The predicted molar refractivity (Wildman–Crippen MR) is 80.4 cm³/mol. The van der Waals surface area contributed by atoms with Gasteiger partial charge in [0.25, 0.3) is 5.91 Å². The van der Waals surface area contributed by atoms with Crippen LogP contribution in [-0.4, -0.2) is 24.1 Å². The minimum atomic E-state index is -1.36. The number of aromatic carboxylic acids is 1. The summed E-state index contributed by atoms with van der Waals surface area (Å²) in [7, 11) is 0. The van der Waals surface area contributed by atoms with Crippen molar-refractivity contribution in [2.24, 2.45) is 0 Å². The highest BCUT2D eigenvalue weighted by molar-refractivity contribution is 6.01. The maximum Gasteiger partial charge on any atom is 0.269 e. The van der Waals surface area contributed by atoms with Crippen molar-refractivity contribution in [3.63, 3.8) is 0 Å². The molecular formula is C17H14NO5-. The topological polar surface area (TPSA) is 87.7 Å². The lowest BCUT2D eigenvalue weighted by Gasteiger charge is -2.31. The third-order valence-electron chi connectivity index (χ3n) is 3.51. The van der Waals surface area contributed by atoms with Gasteiger partial charge in [0.15, 0.2) is 11.5 Å². The third kappa shape index (κ3) is 2.96. The first kappa shape index (κ1) is 14.9. The summed E-state index contributed by atoms with van der Waals surface area (Å²) in [4.78, 5) is 23.5. The smallest absolute Gasteiger partial charge is 0.269 e. The molecule has 2 aromatic rings. The summed E-state index contributed by atoms with van der Waals surface area (Å²) in [5.74, 6) is -0.807. The lowest BCUT2D eigenvalue weighted by molar-refractivity contribution is -0.254. The first-order valence-corrected chi connectivity index (χ1v) is 7.10. The van der Waals surface area contributed by atoms with Crippen molar-refractivity contribution in [2.45, 2.75) is 19.1 Å². The average molecular weight is 312 g/mol. The summed E-state index contributed by atoms with van der Waals surface area (Å²) < 4.78 is 11.3. The summed E-state index contributed by atoms with van der Waals surface area (Å²) >= 11 is 0. The lowest BCUT2D eigenvalue weighted by Crippen LogP contribution is -2.46. The fraction of sp³-hybridized carbons (Fsp3) is 0.176. The van der Waals surface area contributed by atoms with Crippen LogP contribution in [0.1, 0.15) is 17.3 Å². The highest BCUT2D eigenvalue weighted by atomic mass is 16.6. The van der Waals surface area contributed by atoms with Crippen LogP contribution in [0.3, 0.4) is 0 Å². The molecule has 1 amide bonds. The molecule has 0 bridgehead atoms. The van der Waals surface area contributed by atoms with Gasteiger partial charge in [-0.15, -0.1) is 0 Å². The number of fused-ring (bicyclic) bond motifs is 1. The predicted octanol–water partition coefficient (Wildman–Crippen LogP) is 1.22. The largest absolute Gasteiger partial charge is 0.545 e. The molecular weight excluding hydrogens is 298 g/mol. The number of ether oxygens (including phenoxy) is 2. The number of amides is 1.